The van der Waals surface area contributed by atoms with Gasteiger partial charge in [0.1, 0.15) is 6.42 Å². The smallest absolute Gasteiger partial charge is 0.395 e. The van der Waals surface area contributed by atoms with Crippen LogP contribution in [0.2, 0.25) is 0 Å². The number of alkyl halides is 3. The highest BCUT2D eigenvalue weighted by Crippen LogP contribution is 2.22. The monoisotopic (exact) mass is 285 g/mol. The Labute approximate surface area is 114 Å². The van der Waals surface area contributed by atoms with E-state index < -0.39 is 18.5 Å². The lowest BCUT2D eigenvalue weighted by molar-refractivity contribution is -0.150. The van der Waals surface area contributed by atoms with Crippen LogP contribution in [0.4, 0.5) is 18.9 Å². The summed E-state index contributed by atoms with van der Waals surface area (Å²) in [6.07, 6.45) is -5.83. The van der Waals surface area contributed by atoms with Gasteiger partial charge < -0.3 is 10.4 Å². The van der Waals surface area contributed by atoms with Gasteiger partial charge in [0.05, 0.1) is 12.3 Å². The van der Waals surface area contributed by atoms with Crippen molar-refractivity contribution in [2.45, 2.75) is 25.9 Å². The van der Waals surface area contributed by atoms with Gasteiger partial charge in [0.15, 0.2) is 0 Å². The molecule has 0 atom stereocenters. The van der Waals surface area contributed by atoms with Crippen LogP contribution in [-0.2, 0) is 4.79 Å². The fraction of sp³-hybridized carbons (Fsp3) is 0.357. The number of benzene rings is 1. The van der Waals surface area contributed by atoms with Crippen molar-refractivity contribution in [1.82, 2.24) is 0 Å². The summed E-state index contributed by atoms with van der Waals surface area (Å²) < 4.78 is 36.4. The summed E-state index contributed by atoms with van der Waals surface area (Å²) in [5.74, 6) is 4.23. The molecule has 0 bridgehead atoms. The molecule has 0 fully saturated rings. The SMILES string of the molecule is Cc1ccc(C#CCCO)c(NC(=O)CC(F)(F)F)c1. The lowest BCUT2D eigenvalue weighted by Crippen LogP contribution is -2.21. The Kier molecular flexibility index (Phi) is 5.59. The average molecular weight is 285 g/mol. The number of aliphatic hydroxyl groups excluding tert-OH is 1. The highest BCUT2D eigenvalue weighted by Gasteiger charge is 2.31. The molecule has 0 radical (unpaired) electrons. The van der Waals surface area contributed by atoms with Crippen LogP contribution in [0.3, 0.4) is 0 Å². The largest absolute Gasteiger partial charge is 0.397 e. The molecular weight excluding hydrogens is 271 g/mol. The Morgan fingerprint density at radius 1 is 1.40 bits per heavy atom. The van der Waals surface area contributed by atoms with E-state index in [0.29, 0.717) is 5.56 Å². The second kappa shape index (κ2) is 6.96. The molecule has 1 aromatic rings. The molecule has 0 saturated carbocycles. The molecule has 0 aromatic heterocycles. The molecule has 0 unspecified atom stereocenters. The van der Waals surface area contributed by atoms with E-state index in [1.165, 1.54) is 0 Å². The van der Waals surface area contributed by atoms with Gasteiger partial charge >= 0.3 is 6.18 Å². The van der Waals surface area contributed by atoms with Gasteiger partial charge in [-0.05, 0) is 24.6 Å². The van der Waals surface area contributed by atoms with E-state index in [-0.39, 0.29) is 18.7 Å². The van der Waals surface area contributed by atoms with Crippen LogP contribution in [0.25, 0.3) is 0 Å². The molecule has 1 rings (SSSR count). The lowest BCUT2D eigenvalue weighted by Gasteiger charge is -2.10. The first-order valence-corrected chi connectivity index (χ1v) is 5.89. The second-order valence-corrected chi connectivity index (χ2v) is 4.16. The van der Waals surface area contributed by atoms with Gasteiger partial charge in [-0.3, -0.25) is 4.79 Å². The predicted octanol–water partition coefficient (Wildman–Crippen LogP) is 2.62. The zero-order chi connectivity index (χ0) is 15.2. The second-order valence-electron chi connectivity index (χ2n) is 4.16. The molecule has 1 amide bonds. The quantitative estimate of drug-likeness (QED) is 0.839. The standard InChI is InChI=1S/C14H14F3NO2/c1-10-5-6-11(4-2-3-7-19)12(8-10)18-13(20)9-14(15,16)17/h5-6,8,19H,3,7,9H2,1H3,(H,18,20). The first kappa shape index (κ1) is 16.1. The average Bonchev–Trinajstić information content (AvgIpc) is 2.29. The molecule has 2 N–H and O–H groups in total. The van der Waals surface area contributed by atoms with E-state index in [0.717, 1.165) is 5.56 Å². The van der Waals surface area contributed by atoms with E-state index >= 15 is 0 Å². The van der Waals surface area contributed by atoms with Crippen LogP contribution in [0.1, 0.15) is 24.0 Å². The minimum Gasteiger partial charge on any atom is -0.395 e. The van der Waals surface area contributed by atoms with Crippen LogP contribution in [0.5, 0.6) is 0 Å². The van der Waals surface area contributed by atoms with Crippen molar-refractivity contribution in [3.8, 4) is 11.8 Å². The molecule has 0 aliphatic carbocycles. The van der Waals surface area contributed by atoms with Crippen molar-refractivity contribution in [3.05, 3.63) is 29.3 Å². The Bertz CT molecular complexity index is 542. The molecule has 20 heavy (non-hydrogen) atoms. The number of nitrogens with one attached hydrogen (secondary N) is 1. The third-order valence-corrected chi connectivity index (χ3v) is 2.27. The van der Waals surface area contributed by atoms with E-state index in [9.17, 15) is 18.0 Å². The van der Waals surface area contributed by atoms with Crippen LogP contribution >= 0.6 is 0 Å². The lowest BCUT2D eigenvalue weighted by atomic mass is 10.1. The van der Waals surface area contributed by atoms with Crippen LogP contribution in [0, 0.1) is 18.8 Å². The summed E-state index contributed by atoms with van der Waals surface area (Å²) in [4.78, 5) is 11.3. The first-order chi connectivity index (χ1) is 9.31. The minimum atomic E-state index is -4.55. The highest BCUT2D eigenvalue weighted by atomic mass is 19.4. The number of halogens is 3. The van der Waals surface area contributed by atoms with E-state index in [4.69, 9.17) is 5.11 Å². The van der Waals surface area contributed by atoms with Gasteiger partial charge in [-0.25, -0.2) is 0 Å². The van der Waals surface area contributed by atoms with Crippen molar-refractivity contribution in [2.75, 3.05) is 11.9 Å². The Morgan fingerprint density at radius 2 is 2.10 bits per heavy atom. The fourth-order valence-corrected chi connectivity index (χ4v) is 1.46. The number of rotatable bonds is 3. The molecule has 0 aliphatic rings. The van der Waals surface area contributed by atoms with Crippen molar-refractivity contribution in [3.63, 3.8) is 0 Å². The maximum Gasteiger partial charge on any atom is 0.397 e. The summed E-state index contributed by atoms with van der Waals surface area (Å²) in [6, 6.07) is 4.91. The molecule has 0 saturated heterocycles. The Hall–Kier alpha value is -2.00. The maximum absolute atomic E-state index is 12.1. The number of aryl methyl sites for hydroxylation is 1. The van der Waals surface area contributed by atoms with Crippen molar-refractivity contribution < 1.29 is 23.1 Å². The number of hydrogen-bond donors (Lipinski definition) is 2. The summed E-state index contributed by atoms with van der Waals surface area (Å²) >= 11 is 0. The molecule has 6 heteroatoms. The predicted molar refractivity (Wildman–Crippen MR) is 69.1 cm³/mol. The number of aliphatic hydroxyl groups is 1. The summed E-state index contributed by atoms with van der Waals surface area (Å²) in [5.41, 5.74) is 1.45. The Morgan fingerprint density at radius 3 is 2.70 bits per heavy atom. The molecule has 108 valence electrons. The van der Waals surface area contributed by atoms with Gasteiger partial charge in [-0.2, -0.15) is 13.2 Å². The normalized spacial score (nSPS) is 10.7. The third-order valence-electron chi connectivity index (χ3n) is 2.27. The zero-order valence-electron chi connectivity index (χ0n) is 10.8. The number of carbonyl (C=O) groups is 1. The number of hydrogen-bond acceptors (Lipinski definition) is 2. The van der Waals surface area contributed by atoms with Crippen LogP contribution < -0.4 is 5.32 Å². The van der Waals surface area contributed by atoms with E-state index in [1.54, 1.807) is 25.1 Å². The van der Waals surface area contributed by atoms with Gasteiger partial charge in [-0.15, -0.1) is 0 Å². The highest BCUT2D eigenvalue weighted by molar-refractivity contribution is 5.92. The van der Waals surface area contributed by atoms with Crippen molar-refractivity contribution >= 4 is 11.6 Å². The van der Waals surface area contributed by atoms with Crippen LogP contribution in [0.15, 0.2) is 18.2 Å². The number of amides is 1. The summed E-state index contributed by atoms with van der Waals surface area (Å²) in [7, 11) is 0. The molecule has 1 aromatic carbocycles. The van der Waals surface area contributed by atoms with Gasteiger partial charge in [0.25, 0.3) is 0 Å². The molecule has 3 nitrogen and oxygen atoms in total. The van der Waals surface area contributed by atoms with E-state index in [2.05, 4.69) is 17.2 Å². The zero-order valence-corrected chi connectivity index (χ0v) is 10.8. The fourth-order valence-electron chi connectivity index (χ4n) is 1.46. The van der Waals surface area contributed by atoms with Gasteiger partial charge in [0.2, 0.25) is 5.91 Å². The van der Waals surface area contributed by atoms with Crippen molar-refractivity contribution in [1.29, 1.82) is 0 Å². The topological polar surface area (TPSA) is 49.3 Å². The molecule has 0 aliphatic heterocycles. The summed E-state index contributed by atoms with van der Waals surface area (Å²) in [5, 5.41) is 10.8. The van der Waals surface area contributed by atoms with Gasteiger partial charge in [-0.1, -0.05) is 17.9 Å². The number of anilines is 1. The van der Waals surface area contributed by atoms with E-state index in [1.807, 2.05) is 0 Å². The molecule has 0 spiro atoms. The number of carbonyl (C=O) groups excluding carboxylic acids is 1. The van der Waals surface area contributed by atoms with Crippen LogP contribution in [-0.4, -0.2) is 23.8 Å². The Balaban J connectivity index is 2.90. The summed E-state index contributed by atoms with van der Waals surface area (Å²) in [6.45, 7) is 1.65. The first-order valence-electron chi connectivity index (χ1n) is 5.89. The molecular formula is C14H14F3NO2. The minimum absolute atomic E-state index is 0.103. The molecule has 0 heterocycles. The van der Waals surface area contributed by atoms with Gasteiger partial charge in [0, 0.05) is 12.0 Å². The maximum atomic E-state index is 12.1. The van der Waals surface area contributed by atoms with Crippen molar-refractivity contribution in [2.24, 2.45) is 0 Å². The third kappa shape index (κ3) is 5.76.